The van der Waals surface area contributed by atoms with Gasteiger partial charge in [-0.05, 0) is 37.6 Å². The van der Waals surface area contributed by atoms with Gasteiger partial charge in [0.15, 0.2) is 0 Å². The Labute approximate surface area is 128 Å². The molecule has 1 heterocycles. The number of ether oxygens (including phenoxy) is 2. The van der Waals surface area contributed by atoms with E-state index in [1.807, 2.05) is 35.8 Å². The molecule has 0 aliphatic carbocycles. The van der Waals surface area contributed by atoms with Gasteiger partial charge in [-0.15, -0.1) is 11.3 Å². The summed E-state index contributed by atoms with van der Waals surface area (Å²) in [5.74, 6) is 2.67. The zero-order valence-electron chi connectivity index (χ0n) is 11.7. The Bertz CT molecular complexity index is 485. The summed E-state index contributed by atoms with van der Waals surface area (Å²) >= 11 is 3.38. The van der Waals surface area contributed by atoms with Crippen LogP contribution in [0.1, 0.15) is 20.3 Å². The van der Waals surface area contributed by atoms with Crippen LogP contribution in [-0.4, -0.2) is 23.4 Å². The molecular weight excluding hydrogens is 290 g/mol. The van der Waals surface area contributed by atoms with E-state index >= 15 is 0 Å². The van der Waals surface area contributed by atoms with Gasteiger partial charge in [-0.3, -0.25) is 0 Å². The lowest BCUT2D eigenvalue weighted by atomic mass is 10.3. The molecule has 0 amide bonds. The fraction of sp³-hybridized carbons (Fsp3) is 0.400. The lowest BCUT2D eigenvalue weighted by molar-refractivity contribution is 0.217. The summed E-state index contributed by atoms with van der Waals surface area (Å²) in [6, 6.07) is 7.81. The van der Waals surface area contributed by atoms with Crippen LogP contribution in [0.25, 0.3) is 0 Å². The number of hydrogen-bond donors (Lipinski definition) is 0. The minimum absolute atomic E-state index is 0.247. The monoisotopic (exact) mass is 309 g/mol. The van der Waals surface area contributed by atoms with Gasteiger partial charge < -0.3 is 9.47 Å². The van der Waals surface area contributed by atoms with Crippen molar-refractivity contribution in [3.8, 4) is 11.5 Å². The second-order valence-electron chi connectivity index (χ2n) is 4.30. The SMILES string of the molecule is CCC(C)Oc1ccc(OCCSc2nccs2)cc1. The van der Waals surface area contributed by atoms with Gasteiger partial charge in [0.05, 0.1) is 12.7 Å². The third kappa shape index (κ3) is 5.06. The molecule has 0 bridgehead atoms. The number of hydrogen-bond acceptors (Lipinski definition) is 5. The first-order valence-corrected chi connectivity index (χ1v) is 8.56. The maximum atomic E-state index is 5.73. The molecule has 3 nitrogen and oxygen atoms in total. The smallest absolute Gasteiger partial charge is 0.149 e. The summed E-state index contributed by atoms with van der Waals surface area (Å²) in [5.41, 5.74) is 0. The molecule has 0 fully saturated rings. The van der Waals surface area contributed by atoms with Crippen molar-refractivity contribution in [3.05, 3.63) is 35.8 Å². The summed E-state index contributed by atoms with van der Waals surface area (Å²) < 4.78 is 12.5. The van der Waals surface area contributed by atoms with Crippen LogP contribution in [-0.2, 0) is 0 Å². The first-order valence-electron chi connectivity index (χ1n) is 6.69. The molecule has 1 atom stereocenters. The van der Waals surface area contributed by atoms with Gasteiger partial charge in [-0.1, -0.05) is 18.7 Å². The Morgan fingerprint density at radius 1 is 1.25 bits per heavy atom. The molecule has 5 heteroatoms. The summed E-state index contributed by atoms with van der Waals surface area (Å²) in [7, 11) is 0. The number of thioether (sulfide) groups is 1. The summed E-state index contributed by atoms with van der Waals surface area (Å²) in [6.07, 6.45) is 3.08. The molecule has 1 aromatic heterocycles. The number of thiazole rings is 1. The van der Waals surface area contributed by atoms with E-state index in [-0.39, 0.29) is 6.10 Å². The normalized spacial score (nSPS) is 12.1. The highest BCUT2D eigenvalue weighted by atomic mass is 32.2. The standard InChI is InChI=1S/C15H19NO2S2/c1-3-12(2)18-14-6-4-13(5-7-14)17-9-11-20-15-16-8-10-19-15/h4-8,10,12H,3,9,11H2,1-2H3. The first-order chi connectivity index (χ1) is 9.78. The molecule has 0 saturated heterocycles. The van der Waals surface area contributed by atoms with Crippen LogP contribution in [0.15, 0.2) is 40.2 Å². The predicted molar refractivity (Wildman–Crippen MR) is 85.2 cm³/mol. The fourth-order valence-electron chi connectivity index (χ4n) is 1.50. The van der Waals surface area contributed by atoms with Crippen molar-refractivity contribution >= 4 is 23.1 Å². The maximum Gasteiger partial charge on any atom is 0.149 e. The quantitative estimate of drug-likeness (QED) is 0.531. The van der Waals surface area contributed by atoms with Crippen LogP contribution in [0, 0.1) is 0 Å². The van der Waals surface area contributed by atoms with Crippen LogP contribution in [0.5, 0.6) is 11.5 Å². The zero-order chi connectivity index (χ0) is 14.2. The topological polar surface area (TPSA) is 31.4 Å². The summed E-state index contributed by atoms with van der Waals surface area (Å²) in [5, 5.41) is 1.99. The van der Waals surface area contributed by atoms with Crippen molar-refractivity contribution in [2.75, 3.05) is 12.4 Å². The van der Waals surface area contributed by atoms with Crippen molar-refractivity contribution in [2.45, 2.75) is 30.7 Å². The molecule has 0 aliphatic heterocycles. The van der Waals surface area contributed by atoms with Crippen molar-refractivity contribution in [2.24, 2.45) is 0 Å². The highest BCUT2D eigenvalue weighted by Crippen LogP contribution is 2.22. The third-order valence-electron chi connectivity index (χ3n) is 2.72. The maximum absolute atomic E-state index is 5.73. The van der Waals surface area contributed by atoms with Crippen LogP contribution in [0.4, 0.5) is 0 Å². The van der Waals surface area contributed by atoms with E-state index in [2.05, 4.69) is 18.8 Å². The Hall–Kier alpha value is -1.20. The van der Waals surface area contributed by atoms with E-state index in [1.165, 1.54) is 0 Å². The van der Waals surface area contributed by atoms with Crippen LogP contribution >= 0.6 is 23.1 Å². The molecule has 2 rings (SSSR count). The van der Waals surface area contributed by atoms with Gasteiger partial charge in [-0.2, -0.15) is 0 Å². The van der Waals surface area contributed by atoms with Crippen molar-refractivity contribution in [1.29, 1.82) is 0 Å². The van der Waals surface area contributed by atoms with E-state index in [9.17, 15) is 0 Å². The van der Waals surface area contributed by atoms with E-state index in [0.717, 1.165) is 28.0 Å². The van der Waals surface area contributed by atoms with E-state index < -0.39 is 0 Å². The molecule has 20 heavy (non-hydrogen) atoms. The molecule has 0 N–H and O–H groups in total. The van der Waals surface area contributed by atoms with Gasteiger partial charge in [0.25, 0.3) is 0 Å². The van der Waals surface area contributed by atoms with Gasteiger partial charge in [0, 0.05) is 17.3 Å². The number of nitrogens with zero attached hydrogens (tertiary/aromatic N) is 1. The number of aromatic nitrogens is 1. The average molecular weight is 309 g/mol. The number of benzene rings is 1. The Morgan fingerprint density at radius 3 is 2.65 bits per heavy atom. The second kappa shape index (κ2) is 8.17. The van der Waals surface area contributed by atoms with Crippen molar-refractivity contribution < 1.29 is 9.47 Å². The van der Waals surface area contributed by atoms with E-state index in [4.69, 9.17) is 9.47 Å². The van der Waals surface area contributed by atoms with Gasteiger partial charge in [0.1, 0.15) is 15.8 Å². The molecule has 108 valence electrons. The zero-order valence-corrected chi connectivity index (χ0v) is 13.4. The molecule has 0 aliphatic rings. The Kier molecular flexibility index (Phi) is 6.21. The number of rotatable bonds is 8. The summed E-state index contributed by atoms with van der Waals surface area (Å²) in [6.45, 7) is 4.86. The van der Waals surface area contributed by atoms with Crippen LogP contribution in [0.2, 0.25) is 0 Å². The minimum atomic E-state index is 0.247. The molecule has 0 radical (unpaired) electrons. The lowest BCUT2D eigenvalue weighted by Gasteiger charge is -2.13. The van der Waals surface area contributed by atoms with E-state index in [1.54, 1.807) is 23.1 Å². The van der Waals surface area contributed by atoms with E-state index in [0.29, 0.717) is 6.61 Å². The largest absolute Gasteiger partial charge is 0.493 e. The predicted octanol–water partition coefficient (Wildman–Crippen LogP) is 4.49. The first kappa shape index (κ1) is 15.2. The third-order valence-corrected chi connectivity index (χ3v) is 4.65. The fourth-order valence-corrected chi connectivity index (χ4v) is 3.03. The molecule has 0 spiro atoms. The second-order valence-corrected chi connectivity index (χ2v) is 6.54. The molecule has 1 unspecified atom stereocenters. The molecule has 1 aromatic carbocycles. The highest BCUT2D eigenvalue weighted by Gasteiger charge is 2.02. The molecule has 0 saturated carbocycles. The van der Waals surface area contributed by atoms with Gasteiger partial charge >= 0.3 is 0 Å². The molecular formula is C15H19NO2S2. The average Bonchev–Trinajstić information content (AvgIpc) is 2.98. The molecule has 2 aromatic rings. The highest BCUT2D eigenvalue weighted by molar-refractivity contribution is 8.01. The van der Waals surface area contributed by atoms with Crippen molar-refractivity contribution in [1.82, 2.24) is 4.98 Å². The van der Waals surface area contributed by atoms with Gasteiger partial charge in [-0.25, -0.2) is 4.98 Å². The van der Waals surface area contributed by atoms with Gasteiger partial charge in [0.2, 0.25) is 0 Å². The van der Waals surface area contributed by atoms with Crippen LogP contribution in [0.3, 0.4) is 0 Å². The van der Waals surface area contributed by atoms with Crippen LogP contribution < -0.4 is 9.47 Å². The van der Waals surface area contributed by atoms with Crippen molar-refractivity contribution in [3.63, 3.8) is 0 Å². The lowest BCUT2D eigenvalue weighted by Crippen LogP contribution is -2.09. The minimum Gasteiger partial charge on any atom is -0.493 e. The Morgan fingerprint density at radius 2 is 2.00 bits per heavy atom. The Balaban J connectivity index is 1.70. The summed E-state index contributed by atoms with van der Waals surface area (Å²) in [4.78, 5) is 4.22.